The fraction of sp³-hybridized carbons (Fsp3) is 0.750. The molecular formula is C8H5ClF10O. The van der Waals surface area contributed by atoms with Gasteiger partial charge in [0.15, 0.2) is 0 Å². The summed E-state index contributed by atoms with van der Waals surface area (Å²) in [5.74, 6) is -19.2. The summed E-state index contributed by atoms with van der Waals surface area (Å²) in [6.07, 6.45) is -10.1. The minimum absolute atomic E-state index is 0.0483. The van der Waals surface area contributed by atoms with Gasteiger partial charge in [-0.05, 0) is 0 Å². The van der Waals surface area contributed by atoms with Gasteiger partial charge >= 0.3 is 24.1 Å². The monoisotopic (exact) mass is 342 g/mol. The summed E-state index contributed by atoms with van der Waals surface area (Å²) in [7, 11) is -0.0483. The van der Waals surface area contributed by atoms with E-state index in [-0.39, 0.29) is 7.11 Å². The Morgan fingerprint density at radius 1 is 0.950 bits per heavy atom. The van der Waals surface area contributed by atoms with Gasteiger partial charge in [0.2, 0.25) is 11.4 Å². The lowest BCUT2D eigenvalue weighted by Crippen LogP contribution is -2.68. The van der Waals surface area contributed by atoms with Gasteiger partial charge in [0.1, 0.15) is 0 Å². The molecule has 0 fully saturated rings. The Bertz CT molecular complexity index is 379. The minimum Gasteiger partial charge on any atom is -0.363 e. The quantitative estimate of drug-likeness (QED) is 0.527. The maximum atomic E-state index is 13.3. The van der Waals surface area contributed by atoms with E-state index >= 15 is 0 Å². The number of ether oxygens (including phenoxy) is 1. The summed E-state index contributed by atoms with van der Waals surface area (Å²) in [5, 5.41) is 0. The van der Waals surface area contributed by atoms with Gasteiger partial charge in [-0.1, -0.05) is 0 Å². The van der Waals surface area contributed by atoms with E-state index < -0.39 is 41.4 Å². The van der Waals surface area contributed by atoms with Crippen LogP contribution >= 0.6 is 11.6 Å². The molecule has 0 amide bonds. The number of methoxy groups -OCH3 is 1. The molecule has 1 unspecified atom stereocenters. The first-order valence-electron chi connectivity index (χ1n) is 4.37. The fourth-order valence-electron chi connectivity index (χ4n) is 1.15. The summed E-state index contributed by atoms with van der Waals surface area (Å²) in [4.78, 5) is 0. The van der Waals surface area contributed by atoms with Crippen LogP contribution in [0.2, 0.25) is 0 Å². The largest absolute Gasteiger partial charge is 0.424 e. The van der Waals surface area contributed by atoms with Crippen molar-refractivity contribution in [3.05, 3.63) is 11.9 Å². The lowest BCUT2D eigenvalue weighted by atomic mass is 9.90. The predicted octanol–water partition coefficient (Wildman–Crippen LogP) is 4.52. The van der Waals surface area contributed by atoms with Crippen LogP contribution in [0.3, 0.4) is 0 Å². The molecule has 1 atom stereocenters. The summed E-state index contributed by atoms with van der Waals surface area (Å²) >= 11 is 4.60. The molecule has 12 heteroatoms. The molecule has 0 N–H and O–H groups in total. The van der Waals surface area contributed by atoms with Crippen LogP contribution in [0.4, 0.5) is 43.9 Å². The number of alkyl halides is 8. The van der Waals surface area contributed by atoms with E-state index in [0.29, 0.717) is 0 Å². The number of allylic oxidation sites excluding steroid dienone is 1. The molecule has 0 aliphatic heterocycles. The van der Waals surface area contributed by atoms with E-state index in [2.05, 4.69) is 16.3 Å². The third-order valence-electron chi connectivity index (χ3n) is 2.34. The summed E-state index contributed by atoms with van der Waals surface area (Å²) < 4.78 is 129. The van der Waals surface area contributed by atoms with Crippen molar-refractivity contribution in [3.8, 4) is 0 Å². The third kappa shape index (κ3) is 2.57. The molecule has 0 saturated carbocycles. The van der Waals surface area contributed by atoms with E-state index in [4.69, 9.17) is 0 Å². The summed E-state index contributed by atoms with van der Waals surface area (Å²) in [6.45, 7) is 0. The third-order valence-corrected chi connectivity index (χ3v) is 2.71. The van der Waals surface area contributed by atoms with Crippen LogP contribution in [0.1, 0.15) is 0 Å². The standard InChI is InChI=1S/C8H5ClF10O/c1-20-5(2-9,8(17,18)19)7(15,16)6(13,14)3(10)4(11)12/h2H2,1H3. The Morgan fingerprint density at radius 3 is 1.55 bits per heavy atom. The zero-order chi connectivity index (χ0) is 16.6. The second-order valence-electron chi connectivity index (χ2n) is 3.39. The summed E-state index contributed by atoms with van der Waals surface area (Å²) in [5.41, 5.74) is -5.06. The maximum Gasteiger partial charge on any atom is 0.424 e. The molecule has 0 aliphatic carbocycles. The molecule has 1 nitrogen and oxygen atoms in total. The zero-order valence-corrected chi connectivity index (χ0v) is 10.0. The van der Waals surface area contributed by atoms with E-state index in [1.807, 2.05) is 0 Å². The Labute approximate surface area is 110 Å². The second kappa shape index (κ2) is 5.58. The van der Waals surface area contributed by atoms with Gasteiger partial charge in [-0.15, -0.1) is 11.6 Å². The van der Waals surface area contributed by atoms with Gasteiger partial charge in [0.05, 0.1) is 5.88 Å². The van der Waals surface area contributed by atoms with Crippen LogP contribution in [-0.4, -0.2) is 36.6 Å². The van der Waals surface area contributed by atoms with Gasteiger partial charge in [-0.2, -0.15) is 43.9 Å². The topological polar surface area (TPSA) is 9.23 Å². The second-order valence-corrected chi connectivity index (χ2v) is 3.65. The molecule has 0 bridgehead atoms. The van der Waals surface area contributed by atoms with E-state index in [0.717, 1.165) is 0 Å². The molecule has 0 aromatic heterocycles. The highest BCUT2D eigenvalue weighted by Gasteiger charge is 2.80. The maximum absolute atomic E-state index is 13.3. The average Bonchev–Trinajstić information content (AvgIpc) is 2.27. The van der Waals surface area contributed by atoms with Crippen molar-refractivity contribution in [3.63, 3.8) is 0 Å². The Hall–Kier alpha value is -0.710. The predicted molar refractivity (Wildman–Crippen MR) is 46.8 cm³/mol. The molecule has 120 valence electrons. The fourth-order valence-corrected chi connectivity index (χ4v) is 1.57. The van der Waals surface area contributed by atoms with Gasteiger partial charge in [0.25, 0.3) is 0 Å². The first-order chi connectivity index (χ1) is 8.73. The van der Waals surface area contributed by atoms with Crippen LogP contribution in [-0.2, 0) is 4.74 Å². The lowest BCUT2D eigenvalue weighted by molar-refractivity contribution is -0.370. The minimum atomic E-state index is -6.48. The van der Waals surface area contributed by atoms with Crippen molar-refractivity contribution < 1.29 is 48.6 Å². The highest BCUT2D eigenvalue weighted by atomic mass is 35.5. The van der Waals surface area contributed by atoms with Crippen molar-refractivity contribution in [1.82, 2.24) is 0 Å². The SMILES string of the molecule is COC(CCl)(C(F)(F)F)C(F)(F)C(F)(F)C(F)=C(F)F. The Morgan fingerprint density at radius 2 is 1.35 bits per heavy atom. The molecule has 0 radical (unpaired) electrons. The van der Waals surface area contributed by atoms with E-state index in [9.17, 15) is 43.9 Å². The van der Waals surface area contributed by atoms with Gasteiger partial charge in [-0.3, -0.25) is 0 Å². The first-order valence-corrected chi connectivity index (χ1v) is 4.91. The molecule has 0 saturated heterocycles. The Kier molecular flexibility index (Phi) is 5.39. The number of hydrogen-bond acceptors (Lipinski definition) is 1. The highest BCUT2D eigenvalue weighted by Crippen LogP contribution is 2.55. The highest BCUT2D eigenvalue weighted by molar-refractivity contribution is 6.18. The lowest BCUT2D eigenvalue weighted by Gasteiger charge is -2.41. The van der Waals surface area contributed by atoms with E-state index in [1.54, 1.807) is 0 Å². The molecule has 0 rings (SSSR count). The normalized spacial score (nSPS) is 16.8. The van der Waals surface area contributed by atoms with Crippen molar-refractivity contribution >= 4 is 11.6 Å². The van der Waals surface area contributed by atoms with Crippen molar-refractivity contribution in [2.24, 2.45) is 0 Å². The van der Waals surface area contributed by atoms with Crippen LogP contribution in [0.5, 0.6) is 0 Å². The van der Waals surface area contributed by atoms with Crippen LogP contribution in [0.15, 0.2) is 11.9 Å². The number of halogens is 11. The molecule has 20 heavy (non-hydrogen) atoms. The Balaban J connectivity index is 6.24. The zero-order valence-electron chi connectivity index (χ0n) is 9.27. The molecular weight excluding hydrogens is 338 g/mol. The summed E-state index contributed by atoms with van der Waals surface area (Å²) in [6, 6.07) is 0. The van der Waals surface area contributed by atoms with Crippen LogP contribution < -0.4 is 0 Å². The first kappa shape index (κ1) is 19.3. The van der Waals surface area contributed by atoms with Crippen molar-refractivity contribution in [2.75, 3.05) is 13.0 Å². The molecule has 0 spiro atoms. The van der Waals surface area contributed by atoms with Crippen molar-refractivity contribution in [2.45, 2.75) is 23.6 Å². The van der Waals surface area contributed by atoms with Crippen molar-refractivity contribution in [1.29, 1.82) is 0 Å². The van der Waals surface area contributed by atoms with Crippen LogP contribution in [0, 0.1) is 0 Å². The number of rotatable bonds is 5. The van der Waals surface area contributed by atoms with Gasteiger partial charge in [-0.25, -0.2) is 0 Å². The smallest absolute Gasteiger partial charge is 0.363 e. The van der Waals surface area contributed by atoms with E-state index in [1.165, 1.54) is 0 Å². The van der Waals surface area contributed by atoms with Gasteiger partial charge < -0.3 is 4.74 Å². The van der Waals surface area contributed by atoms with Gasteiger partial charge in [0, 0.05) is 7.11 Å². The average molecular weight is 343 g/mol. The van der Waals surface area contributed by atoms with Crippen LogP contribution in [0.25, 0.3) is 0 Å². The number of hydrogen-bond donors (Lipinski definition) is 0. The molecule has 0 aromatic rings. The molecule has 0 heterocycles. The molecule has 0 aliphatic rings. The molecule has 0 aromatic carbocycles.